The Morgan fingerprint density at radius 1 is 1.16 bits per heavy atom. The minimum atomic E-state index is -0.0515. The monoisotopic (exact) mass is 439 g/mol. The molecule has 1 aromatic carbocycles. The number of nitrogens with one attached hydrogen (secondary N) is 1. The van der Waals surface area contributed by atoms with Crippen molar-refractivity contribution in [3.63, 3.8) is 0 Å². The van der Waals surface area contributed by atoms with Gasteiger partial charge in [0.25, 0.3) is 0 Å². The number of hydrogen-bond acceptors (Lipinski definition) is 7. The smallest absolute Gasteiger partial charge is 0.234 e. The summed E-state index contributed by atoms with van der Waals surface area (Å²) in [7, 11) is 0. The summed E-state index contributed by atoms with van der Waals surface area (Å²) >= 11 is 1.63. The quantitative estimate of drug-likeness (QED) is 0.580. The van der Waals surface area contributed by atoms with E-state index in [4.69, 9.17) is 4.74 Å². The van der Waals surface area contributed by atoms with Gasteiger partial charge in [0.2, 0.25) is 5.91 Å². The van der Waals surface area contributed by atoms with Crippen LogP contribution in [0.5, 0.6) is 5.75 Å². The summed E-state index contributed by atoms with van der Waals surface area (Å²) in [6.07, 6.45) is 2.45. The van der Waals surface area contributed by atoms with Crippen LogP contribution >= 0.6 is 11.3 Å². The predicted octanol–water partition coefficient (Wildman–Crippen LogP) is 3.48. The van der Waals surface area contributed by atoms with Crippen molar-refractivity contribution in [1.82, 2.24) is 20.2 Å². The number of hydrogen-bond donors (Lipinski definition) is 1. The second-order valence-corrected chi connectivity index (χ2v) is 8.49. The maximum atomic E-state index is 12.8. The minimum absolute atomic E-state index is 0.0499. The van der Waals surface area contributed by atoms with E-state index in [1.165, 1.54) is 0 Å². The van der Waals surface area contributed by atoms with Crippen molar-refractivity contribution < 1.29 is 9.53 Å². The van der Waals surface area contributed by atoms with E-state index in [-0.39, 0.29) is 11.9 Å². The number of ether oxygens (including phenoxy) is 1. The molecule has 1 aliphatic rings. The van der Waals surface area contributed by atoms with Gasteiger partial charge in [-0.2, -0.15) is 0 Å². The second-order valence-electron chi connectivity index (χ2n) is 7.60. The number of fused-ring (bicyclic) bond motifs is 1. The van der Waals surface area contributed by atoms with E-state index in [9.17, 15) is 4.79 Å². The van der Waals surface area contributed by atoms with Crippen LogP contribution in [-0.2, 0) is 4.79 Å². The van der Waals surface area contributed by atoms with Gasteiger partial charge < -0.3 is 15.0 Å². The van der Waals surface area contributed by atoms with E-state index in [0.717, 1.165) is 59.9 Å². The van der Waals surface area contributed by atoms with E-state index in [2.05, 4.69) is 43.5 Å². The van der Waals surface area contributed by atoms with Crippen molar-refractivity contribution in [1.29, 1.82) is 0 Å². The normalized spacial score (nSPS) is 15.7. The Bertz CT molecular complexity index is 1020. The molecule has 1 aliphatic heterocycles. The number of anilines is 1. The van der Waals surface area contributed by atoms with E-state index in [1.54, 1.807) is 17.7 Å². The third kappa shape index (κ3) is 4.97. The van der Waals surface area contributed by atoms with Gasteiger partial charge in [-0.3, -0.25) is 9.69 Å². The van der Waals surface area contributed by atoms with E-state index < -0.39 is 0 Å². The number of carbonyl (C=O) groups excluding carboxylic acids is 1. The summed E-state index contributed by atoms with van der Waals surface area (Å²) < 4.78 is 5.75. The minimum Gasteiger partial charge on any atom is -0.494 e. The zero-order chi connectivity index (χ0) is 21.6. The Morgan fingerprint density at radius 3 is 2.74 bits per heavy atom. The molecule has 1 N–H and O–H groups in total. The molecule has 8 heteroatoms. The summed E-state index contributed by atoms with van der Waals surface area (Å²) in [4.78, 5) is 27.1. The van der Waals surface area contributed by atoms with Gasteiger partial charge in [0.15, 0.2) is 0 Å². The van der Waals surface area contributed by atoms with Gasteiger partial charge in [0, 0.05) is 31.7 Å². The molecule has 31 heavy (non-hydrogen) atoms. The molecular formula is C23H29N5O2S. The Hall–Kier alpha value is -2.71. The van der Waals surface area contributed by atoms with Crippen LogP contribution in [-0.4, -0.2) is 60.1 Å². The van der Waals surface area contributed by atoms with Gasteiger partial charge in [0.05, 0.1) is 24.6 Å². The maximum Gasteiger partial charge on any atom is 0.234 e. The molecule has 164 valence electrons. The van der Waals surface area contributed by atoms with Crippen molar-refractivity contribution in [3.8, 4) is 5.75 Å². The van der Waals surface area contributed by atoms with Crippen LogP contribution in [0.2, 0.25) is 0 Å². The van der Waals surface area contributed by atoms with Crippen LogP contribution in [0.4, 0.5) is 5.82 Å². The van der Waals surface area contributed by atoms with E-state index in [1.807, 2.05) is 31.2 Å². The molecular weight excluding hydrogens is 410 g/mol. The van der Waals surface area contributed by atoms with Gasteiger partial charge in [0.1, 0.15) is 22.7 Å². The Labute approximate surface area is 187 Å². The zero-order valence-electron chi connectivity index (χ0n) is 18.1. The molecule has 1 fully saturated rings. The standard InChI is InChI=1S/C23H29N5O2S/c1-3-19(17-7-5-6-8-20(17)30-4-2)26-21(29)15-27-10-12-28(13-11-27)22-18-9-14-31-23(18)25-16-24-22/h5-9,14,16,19H,3-4,10-13,15H2,1-2H3,(H,26,29). The molecule has 0 radical (unpaired) electrons. The fraction of sp³-hybridized carbons (Fsp3) is 0.435. The molecule has 0 spiro atoms. The number of amides is 1. The first kappa shape index (κ1) is 21.5. The first-order valence-electron chi connectivity index (χ1n) is 10.9. The Kier molecular flexibility index (Phi) is 6.99. The fourth-order valence-corrected chi connectivity index (χ4v) is 4.77. The van der Waals surface area contributed by atoms with Crippen molar-refractivity contribution in [2.75, 3.05) is 44.2 Å². The van der Waals surface area contributed by atoms with Crippen LogP contribution in [0.15, 0.2) is 42.0 Å². The highest BCUT2D eigenvalue weighted by Crippen LogP contribution is 2.28. The van der Waals surface area contributed by atoms with Crippen LogP contribution in [0.3, 0.4) is 0 Å². The van der Waals surface area contributed by atoms with E-state index >= 15 is 0 Å². The van der Waals surface area contributed by atoms with Crippen LogP contribution < -0.4 is 15.0 Å². The van der Waals surface area contributed by atoms with E-state index in [0.29, 0.717) is 13.2 Å². The Balaban J connectivity index is 1.33. The molecule has 4 rings (SSSR count). The molecule has 0 aliphatic carbocycles. The van der Waals surface area contributed by atoms with Crippen molar-refractivity contribution >= 4 is 33.3 Å². The summed E-state index contributed by atoms with van der Waals surface area (Å²) in [6.45, 7) is 8.42. The third-order valence-corrected chi connectivity index (χ3v) is 6.44. The Morgan fingerprint density at radius 2 is 1.97 bits per heavy atom. The first-order chi connectivity index (χ1) is 15.2. The number of benzene rings is 1. The fourth-order valence-electron chi connectivity index (χ4n) is 4.04. The molecule has 3 aromatic rings. The SMILES string of the molecule is CCOc1ccccc1C(CC)NC(=O)CN1CCN(c2ncnc3sccc23)CC1. The molecule has 1 saturated heterocycles. The lowest BCUT2D eigenvalue weighted by atomic mass is 10.0. The molecule has 7 nitrogen and oxygen atoms in total. The number of thiophene rings is 1. The molecule has 0 bridgehead atoms. The lowest BCUT2D eigenvalue weighted by molar-refractivity contribution is -0.123. The van der Waals surface area contributed by atoms with Crippen molar-refractivity contribution in [2.24, 2.45) is 0 Å². The second kappa shape index (κ2) is 10.1. The number of aromatic nitrogens is 2. The molecule has 0 saturated carbocycles. The third-order valence-electron chi connectivity index (χ3n) is 5.62. The van der Waals surface area contributed by atoms with Crippen LogP contribution in [0.25, 0.3) is 10.2 Å². The number of carbonyl (C=O) groups is 1. The largest absolute Gasteiger partial charge is 0.494 e. The molecule has 1 atom stereocenters. The van der Waals surface area contributed by atoms with Gasteiger partial charge in [-0.25, -0.2) is 9.97 Å². The zero-order valence-corrected chi connectivity index (χ0v) is 18.9. The molecule has 3 heterocycles. The first-order valence-corrected chi connectivity index (χ1v) is 11.7. The summed E-state index contributed by atoms with van der Waals surface area (Å²) in [5, 5.41) is 6.36. The summed E-state index contributed by atoms with van der Waals surface area (Å²) in [5.41, 5.74) is 1.04. The highest BCUT2D eigenvalue weighted by molar-refractivity contribution is 7.16. The average molecular weight is 440 g/mol. The number of rotatable bonds is 8. The van der Waals surface area contributed by atoms with Crippen LogP contribution in [0, 0.1) is 0 Å². The van der Waals surface area contributed by atoms with Crippen LogP contribution in [0.1, 0.15) is 31.9 Å². The van der Waals surface area contributed by atoms with Crippen molar-refractivity contribution in [3.05, 3.63) is 47.6 Å². The molecule has 2 aromatic heterocycles. The number of para-hydroxylation sites is 1. The highest BCUT2D eigenvalue weighted by Gasteiger charge is 2.23. The van der Waals surface area contributed by atoms with Crippen molar-refractivity contribution in [2.45, 2.75) is 26.3 Å². The molecule has 1 amide bonds. The van der Waals surface area contributed by atoms with Gasteiger partial charge in [-0.1, -0.05) is 25.1 Å². The van der Waals surface area contributed by atoms with Gasteiger partial charge in [-0.05, 0) is 30.9 Å². The topological polar surface area (TPSA) is 70.6 Å². The number of nitrogens with zero attached hydrogens (tertiary/aromatic N) is 4. The average Bonchev–Trinajstić information content (AvgIpc) is 3.28. The maximum absolute atomic E-state index is 12.8. The summed E-state index contributed by atoms with van der Waals surface area (Å²) in [5.74, 6) is 1.89. The lowest BCUT2D eigenvalue weighted by Gasteiger charge is -2.35. The number of piperazine rings is 1. The van der Waals surface area contributed by atoms with Gasteiger partial charge >= 0.3 is 0 Å². The predicted molar refractivity (Wildman–Crippen MR) is 125 cm³/mol. The molecule has 1 unspecified atom stereocenters. The lowest BCUT2D eigenvalue weighted by Crippen LogP contribution is -2.50. The highest BCUT2D eigenvalue weighted by atomic mass is 32.1. The summed E-state index contributed by atoms with van der Waals surface area (Å²) in [6, 6.07) is 9.98. The van der Waals surface area contributed by atoms with Gasteiger partial charge in [-0.15, -0.1) is 11.3 Å².